The van der Waals surface area contributed by atoms with Crippen LogP contribution in [0.25, 0.3) is 0 Å². The minimum atomic E-state index is -1.67. The third kappa shape index (κ3) is 10.3. The minimum absolute atomic E-state index is 0.429. The maximum absolute atomic E-state index is 10.8. The highest BCUT2D eigenvalue weighted by atomic mass is 16.8. The van der Waals surface area contributed by atoms with Gasteiger partial charge < -0.3 is 69.3 Å². The first-order valence-electron chi connectivity index (χ1n) is 16.3. The van der Waals surface area contributed by atoms with Gasteiger partial charge in [-0.2, -0.15) is 0 Å². The fraction of sp³-hybridized carbons (Fsp3) is 0.818. The summed E-state index contributed by atoms with van der Waals surface area (Å²) in [5.41, 5.74) is 1.55. The first kappa shape index (κ1) is 40.1. The van der Waals surface area contributed by atoms with Crippen LogP contribution in [0.1, 0.15) is 67.2 Å². The monoisotopic (exact) mass is 676 g/mol. The van der Waals surface area contributed by atoms with Crippen LogP contribution in [-0.2, 0) is 28.4 Å². The van der Waals surface area contributed by atoms with Crippen LogP contribution in [0.3, 0.4) is 0 Å². The fourth-order valence-corrected chi connectivity index (χ4v) is 5.72. The van der Waals surface area contributed by atoms with Crippen molar-refractivity contribution in [3.05, 3.63) is 36.0 Å². The highest BCUT2D eigenvalue weighted by Crippen LogP contribution is 2.32. The molecule has 0 bridgehead atoms. The highest BCUT2D eigenvalue weighted by molar-refractivity contribution is 5.04. The molecule has 0 aliphatic carbocycles. The Morgan fingerprint density at radius 3 is 1.94 bits per heavy atom. The minimum Gasteiger partial charge on any atom is -0.388 e. The smallest absolute Gasteiger partial charge is 0.187 e. The van der Waals surface area contributed by atoms with Gasteiger partial charge in [-0.15, -0.1) is 6.58 Å². The molecule has 14 nitrogen and oxygen atoms in total. The Labute approximate surface area is 276 Å². The summed E-state index contributed by atoms with van der Waals surface area (Å²) in [6, 6.07) is 0. The zero-order valence-electron chi connectivity index (χ0n) is 28.2. The summed E-state index contributed by atoms with van der Waals surface area (Å²) in [6.07, 6.45) is -12.1. The molecule has 272 valence electrons. The van der Waals surface area contributed by atoms with Gasteiger partial charge in [0.15, 0.2) is 18.9 Å². The molecule has 0 amide bonds. The van der Waals surface area contributed by atoms with Crippen molar-refractivity contribution in [3.8, 4) is 0 Å². The van der Waals surface area contributed by atoms with E-state index in [9.17, 15) is 40.9 Å². The predicted molar refractivity (Wildman–Crippen MR) is 168 cm³/mol. The molecule has 3 fully saturated rings. The fourth-order valence-electron chi connectivity index (χ4n) is 5.72. The van der Waals surface area contributed by atoms with E-state index in [0.717, 1.165) is 12.8 Å². The molecule has 16 atom stereocenters. The van der Waals surface area contributed by atoms with E-state index in [1.54, 1.807) is 13.0 Å². The zero-order chi connectivity index (χ0) is 35.2. The normalized spacial score (nSPS) is 42.9. The van der Waals surface area contributed by atoms with Gasteiger partial charge in [0.05, 0.1) is 24.4 Å². The number of hydrogen-bond donors (Lipinski definition) is 8. The van der Waals surface area contributed by atoms with Gasteiger partial charge in [0, 0.05) is 0 Å². The maximum atomic E-state index is 10.8. The van der Waals surface area contributed by atoms with Crippen LogP contribution in [0.4, 0.5) is 0 Å². The molecule has 0 aromatic carbocycles. The summed E-state index contributed by atoms with van der Waals surface area (Å²) in [5.74, 6) is 0. The van der Waals surface area contributed by atoms with E-state index < -0.39 is 104 Å². The van der Waals surface area contributed by atoms with Crippen LogP contribution in [-0.4, -0.2) is 145 Å². The van der Waals surface area contributed by atoms with Gasteiger partial charge in [-0.3, -0.25) is 0 Å². The molecule has 16 unspecified atom stereocenters. The Bertz CT molecular complexity index is 1050. The van der Waals surface area contributed by atoms with Gasteiger partial charge in [-0.1, -0.05) is 29.4 Å². The molecular weight excluding hydrogens is 620 g/mol. The quantitative estimate of drug-likeness (QED) is 0.113. The van der Waals surface area contributed by atoms with E-state index in [0.29, 0.717) is 12.8 Å². The van der Waals surface area contributed by atoms with Gasteiger partial charge in [0.1, 0.15) is 61.0 Å². The molecule has 47 heavy (non-hydrogen) atoms. The SMILES string of the molecule is C=CC(C)(CC/C=C(\C)CCC=C(C)C)OC1OC(COC2OC(C)C(OC3OC(C)C(O)C(O)C3O)C(O)C2O)C(O)C(O)C1O. The lowest BCUT2D eigenvalue weighted by Crippen LogP contribution is -2.63. The zero-order valence-corrected chi connectivity index (χ0v) is 28.2. The lowest BCUT2D eigenvalue weighted by atomic mass is 9.96. The van der Waals surface area contributed by atoms with Crippen molar-refractivity contribution >= 4 is 0 Å². The van der Waals surface area contributed by atoms with Gasteiger partial charge in [0.25, 0.3) is 0 Å². The first-order valence-corrected chi connectivity index (χ1v) is 16.3. The van der Waals surface area contributed by atoms with E-state index in [4.69, 9.17) is 28.4 Å². The number of rotatable bonds is 14. The average Bonchev–Trinajstić information content (AvgIpc) is 3.02. The van der Waals surface area contributed by atoms with Crippen molar-refractivity contribution in [2.45, 2.75) is 165 Å². The molecule has 8 N–H and O–H groups in total. The topological polar surface area (TPSA) is 217 Å². The number of aliphatic hydroxyl groups is 8. The Morgan fingerprint density at radius 1 is 0.702 bits per heavy atom. The summed E-state index contributed by atoms with van der Waals surface area (Å²) in [4.78, 5) is 0. The molecule has 3 rings (SSSR count). The lowest BCUT2D eigenvalue weighted by Gasteiger charge is -2.46. The molecule has 0 radical (unpaired) electrons. The van der Waals surface area contributed by atoms with Crippen LogP contribution in [0.15, 0.2) is 36.0 Å². The lowest BCUT2D eigenvalue weighted by molar-refractivity contribution is -0.360. The van der Waals surface area contributed by atoms with Gasteiger partial charge in [-0.25, -0.2) is 0 Å². The van der Waals surface area contributed by atoms with Gasteiger partial charge >= 0.3 is 0 Å². The summed E-state index contributed by atoms with van der Waals surface area (Å²) < 4.78 is 34.4. The molecular formula is C33H56O14. The molecule has 0 aromatic rings. The van der Waals surface area contributed by atoms with Gasteiger partial charge in [-0.05, 0) is 67.2 Å². The van der Waals surface area contributed by atoms with E-state index in [1.165, 1.54) is 25.0 Å². The molecule has 0 aromatic heterocycles. The van der Waals surface area contributed by atoms with Crippen LogP contribution < -0.4 is 0 Å². The van der Waals surface area contributed by atoms with Crippen molar-refractivity contribution in [1.29, 1.82) is 0 Å². The van der Waals surface area contributed by atoms with E-state index in [2.05, 4.69) is 39.5 Å². The second kappa shape index (κ2) is 17.5. The van der Waals surface area contributed by atoms with Crippen molar-refractivity contribution in [2.24, 2.45) is 0 Å². The average molecular weight is 677 g/mol. The van der Waals surface area contributed by atoms with Crippen LogP contribution in [0.5, 0.6) is 0 Å². The number of allylic oxidation sites excluding steroid dienone is 4. The third-order valence-corrected chi connectivity index (χ3v) is 9.01. The molecule has 3 heterocycles. The molecule has 14 heteroatoms. The Balaban J connectivity index is 1.58. The molecule has 3 saturated heterocycles. The molecule has 0 saturated carbocycles. The third-order valence-electron chi connectivity index (χ3n) is 9.01. The molecule has 0 spiro atoms. The molecule has 3 aliphatic heterocycles. The number of hydrogen-bond acceptors (Lipinski definition) is 14. The van der Waals surface area contributed by atoms with Crippen LogP contribution in [0.2, 0.25) is 0 Å². The van der Waals surface area contributed by atoms with Crippen LogP contribution >= 0.6 is 0 Å². The summed E-state index contributed by atoms with van der Waals surface area (Å²) in [6.45, 7) is 14.4. The number of ether oxygens (including phenoxy) is 6. The van der Waals surface area contributed by atoms with Crippen molar-refractivity contribution in [2.75, 3.05) is 6.61 Å². The van der Waals surface area contributed by atoms with Gasteiger partial charge in [0.2, 0.25) is 0 Å². The largest absolute Gasteiger partial charge is 0.388 e. The second-order valence-electron chi connectivity index (χ2n) is 13.4. The summed E-state index contributed by atoms with van der Waals surface area (Å²) in [7, 11) is 0. The second-order valence-corrected chi connectivity index (χ2v) is 13.4. The Morgan fingerprint density at radius 2 is 1.30 bits per heavy atom. The Hall–Kier alpha value is -1.34. The first-order chi connectivity index (χ1) is 22.0. The van der Waals surface area contributed by atoms with Crippen LogP contribution in [0, 0.1) is 0 Å². The molecule has 3 aliphatic rings. The number of aliphatic hydroxyl groups excluding tert-OH is 8. The van der Waals surface area contributed by atoms with E-state index in [1.807, 2.05) is 0 Å². The highest BCUT2D eigenvalue weighted by Gasteiger charge is 2.51. The Kier molecular flexibility index (Phi) is 15.0. The van der Waals surface area contributed by atoms with Crippen molar-refractivity contribution in [3.63, 3.8) is 0 Å². The van der Waals surface area contributed by atoms with E-state index >= 15 is 0 Å². The summed E-state index contributed by atoms with van der Waals surface area (Å²) in [5, 5.41) is 83.8. The van der Waals surface area contributed by atoms with Crippen molar-refractivity contribution in [1.82, 2.24) is 0 Å². The maximum Gasteiger partial charge on any atom is 0.187 e. The van der Waals surface area contributed by atoms with Crippen molar-refractivity contribution < 1.29 is 69.3 Å². The summed E-state index contributed by atoms with van der Waals surface area (Å²) >= 11 is 0. The predicted octanol–water partition coefficient (Wildman–Crippen LogP) is -0.0759. The standard InChI is InChI=1S/C33H56O14/c1-8-33(7,14-10-13-17(4)12-9-11-16(2)3)47-32-27(40)24(37)22(35)20(45-32)15-42-30-28(41)25(38)29(19(6)44-30)46-31-26(39)23(36)21(34)18(5)43-31/h8,11,13,18-32,34-41H,1,9-10,12,14-15H2,2-7H3/b17-13+. The van der Waals surface area contributed by atoms with E-state index in [-0.39, 0.29) is 0 Å².